The molecule has 0 heterocycles. The molecule has 3 aromatic carbocycles. The molecule has 3 aromatic rings. The van der Waals surface area contributed by atoms with Gasteiger partial charge in [0.05, 0.1) is 19.6 Å². The van der Waals surface area contributed by atoms with Crippen molar-refractivity contribution in [2.45, 2.75) is 12.5 Å². The first-order valence-electron chi connectivity index (χ1n) is 9.43. The van der Waals surface area contributed by atoms with Crippen LogP contribution in [0.5, 0.6) is 5.75 Å². The van der Waals surface area contributed by atoms with Crippen LogP contribution in [0.15, 0.2) is 78.9 Å². The average molecular weight is 424 g/mol. The van der Waals surface area contributed by atoms with Crippen molar-refractivity contribution in [3.05, 3.63) is 101 Å². The van der Waals surface area contributed by atoms with E-state index in [0.717, 1.165) is 16.7 Å². The van der Waals surface area contributed by atoms with Crippen LogP contribution >= 0.6 is 11.6 Å². The Balaban J connectivity index is 1.60. The van der Waals surface area contributed by atoms with E-state index in [-0.39, 0.29) is 25.0 Å². The van der Waals surface area contributed by atoms with Gasteiger partial charge in [-0.2, -0.15) is 0 Å². The average Bonchev–Trinajstić information content (AvgIpc) is 2.78. The van der Waals surface area contributed by atoms with Crippen molar-refractivity contribution < 1.29 is 19.1 Å². The molecular weight excluding hydrogens is 402 g/mol. The molecule has 1 atom stereocenters. The zero-order valence-electron chi connectivity index (χ0n) is 16.5. The number of carbonyl (C=O) groups excluding carboxylic acids is 2. The van der Waals surface area contributed by atoms with Gasteiger partial charge in [0.15, 0.2) is 6.61 Å². The van der Waals surface area contributed by atoms with Gasteiger partial charge in [0, 0.05) is 5.02 Å². The van der Waals surface area contributed by atoms with Crippen molar-refractivity contribution in [3.8, 4) is 5.75 Å². The smallest absolute Gasteiger partial charge is 0.310 e. The molecule has 0 radical (unpaired) electrons. The fourth-order valence-electron chi connectivity index (χ4n) is 2.97. The van der Waals surface area contributed by atoms with Gasteiger partial charge in [-0.05, 0) is 41.0 Å². The summed E-state index contributed by atoms with van der Waals surface area (Å²) in [6, 6.07) is 23.6. The lowest BCUT2D eigenvalue weighted by molar-refractivity contribution is -0.148. The maximum atomic E-state index is 12.5. The molecule has 0 saturated heterocycles. The Morgan fingerprint density at radius 1 is 0.900 bits per heavy atom. The number of ether oxygens (including phenoxy) is 2. The first kappa shape index (κ1) is 21.4. The van der Waals surface area contributed by atoms with Gasteiger partial charge in [-0.25, -0.2) is 0 Å². The molecule has 1 amide bonds. The highest BCUT2D eigenvalue weighted by Gasteiger charge is 2.18. The van der Waals surface area contributed by atoms with Crippen molar-refractivity contribution in [3.63, 3.8) is 0 Å². The second-order valence-corrected chi connectivity index (χ2v) is 7.08. The highest BCUT2D eigenvalue weighted by molar-refractivity contribution is 6.30. The van der Waals surface area contributed by atoms with Crippen LogP contribution in [0.2, 0.25) is 5.02 Å². The van der Waals surface area contributed by atoms with Crippen LogP contribution in [-0.2, 0) is 20.7 Å². The third-order valence-electron chi connectivity index (χ3n) is 4.51. The molecule has 0 aliphatic rings. The number of halogens is 1. The Labute approximate surface area is 180 Å². The van der Waals surface area contributed by atoms with Crippen molar-refractivity contribution >= 4 is 23.5 Å². The Kier molecular flexibility index (Phi) is 7.46. The summed E-state index contributed by atoms with van der Waals surface area (Å²) >= 11 is 5.98. The summed E-state index contributed by atoms with van der Waals surface area (Å²) in [7, 11) is 1.58. The minimum atomic E-state index is -0.474. The Morgan fingerprint density at radius 3 is 2.17 bits per heavy atom. The van der Waals surface area contributed by atoms with E-state index in [1.54, 1.807) is 43.5 Å². The number of hydrogen-bond donors (Lipinski definition) is 1. The van der Waals surface area contributed by atoms with E-state index in [2.05, 4.69) is 5.32 Å². The van der Waals surface area contributed by atoms with Crippen LogP contribution in [0.3, 0.4) is 0 Å². The molecule has 0 aliphatic carbocycles. The van der Waals surface area contributed by atoms with Crippen LogP contribution in [0.1, 0.15) is 22.7 Å². The van der Waals surface area contributed by atoms with Gasteiger partial charge < -0.3 is 14.8 Å². The summed E-state index contributed by atoms with van der Waals surface area (Å²) in [5.74, 6) is -0.152. The Bertz CT molecular complexity index is 972. The predicted octanol–water partition coefficient (Wildman–Crippen LogP) is 4.34. The predicted molar refractivity (Wildman–Crippen MR) is 116 cm³/mol. The largest absolute Gasteiger partial charge is 0.497 e. The normalized spacial score (nSPS) is 11.4. The lowest BCUT2D eigenvalue weighted by Gasteiger charge is -2.20. The molecule has 0 aromatic heterocycles. The second kappa shape index (κ2) is 10.5. The van der Waals surface area contributed by atoms with E-state index in [1.165, 1.54) is 0 Å². The topological polar surface area (TPSA) is 64.6 Å². The number of amides is 1. The highest BCUT2D eigenvalue weighted by Crippen LogP contribution is 2.23. The van der Waals surface area contributed by atoms with Crippen molar-refractivity contribution in [1.82, 2.24) is 5.32 Å². The fraction of sp³-hybridized carbons (Fsp3) is 0.167. The van der Waals surface area contributed by atoms with Crippen molar-refractivity contribution in [2.75, 3.05) is 13.7 Å². The van der Waals surface area contributed by atoms with Gasteiger partial charge in [0.2, 0.25) is 0 Å². The second-order valence-electron chi connectivity index (χ2n) is 6.65. The fourth-order valence-corrected chi connectivity index (χ4v) is 3.10. The van der Waals surface area contributed by atoms with Crippen LogP contribution < -0.4 is 10.1 Å². The molecule has 3 rings (SSSR count). The van der Waals surface area contributed by atoms with E-state index in [4.69, 9.17) is 21.1 Å². The first-order valence-corrected chi connectivity index (χ1v) is 9.81. The van der Waals surface area contributed by atoms with Gasteiger partial charge in [-0.1, -0.05) is 66.2 Å². The van der Waals surface area contributed by atoms with Crippen LogP contribution in [-0.4, -0.2) is 25.6 Å². The summed E-state index contributed by atoms with van der Waals surface area (Å²) < 4.78 is 10.2. The van der Waals surface area contributed by atoms with E-state index >= 15 is 0 Å². The summed E-state index contributed by atoms with van der Waals surface area (Å²) in [5, 5.41) is 3.54. The molecule has 0 aliphatic heterocycles. The number of methoxy groups -OCH3 is 1. The van der Waals surface area contributed by atoms with E-state index in [0.29, 0.717) is 10.8 Å². The van der Waals surface area contributed by atoms with Crippen LogP contribution in [0, 0.1) is 0 Å². The summed E-state index contributed by atoms with van der Waals surface area (Å²) in [6.07, 6.45) is 0.0799. The summed E-state index contributed by atoms with van der Waals surface area (Å²) in [5.41, 5.74) is 2.57. The molecule has 30 heavy (non-hydrogen) atoms. The molecular formula is C24H22ClNO4. The Hall–Kier alpha value is -3.31. The molecule has 0 saturated carbocycles. The molecule has 1 N–H and O–H groups in total. The van der Waals surface area contributed by atoms with E-state index in [1.807, 2.05) is 42.5 Å². The zero-order chi connectivity index (χ0) is 21.3. The zero-order valence-corrected chi connectivity index (χ0v) is 17.3. The number of rotatable bonds is 8. The summed E-state index contributed by atoms with van der Waals surface area (Å²) in [6.45, 7) is -0.355. The lowest BCUT2D eigenvalue weighted by atomic mass is 9.99. The van der Waals surface area contributed by atoms with Gasteiger partial charge in [0.1, 0.15) is 5.75 Å². The minimum absolute atomic E-state index is 0.0799. The lowest BCUT2D eigenvalue weighted by Crippen LogP contribution is -2.33. The number of nitrogens with one attached hydrogen (secondary N) is 1. The van der Waals surface area contributed by atoms with Gasteiger partial charge in [-0.15, -0.1) is 0 Å². The molecule has 0 bridgehead atoms. The monoisotopic (exact) mass is 423 g/mol. The number of esters is 1. The van der Waals surface area contributed by atoms with E-state index < -0.39 is 5.97 Å². The third-order valence-corrected chi connectivity index (χ3v) is 4.77. The highest BCUT2D eigenvalue weighted by atomic mass is 35.5. The molecule has 1 unspecified atom stereocenters. The third kappa shape index (κ3) is 6.09. The van der Waals surface area contributed by atoms with E-state index in [9.17, 15) is 9.59 Å². The first-order chi connectivity index (χ1) is 14.5. The SMILES string of the molecule is COc1ccc(CC(=O)OCC(=O)NC(c2ccccc2)c2ccc(Cl)cc2)cc1. The van der Waals surface area contributed by atoms with Crippen LogP contribution in [0.25, 0.3) is 0 Å². The minimum Gasteiger partial charge on any atom is -0.497 e. The standard InChI is InChI=1S/C24H22ClNO4/c1-29-21-13-7-17(8-14-21)15-23(28)30-16-22(27)26-24(18-5-3-2-4-6-18)19-9-11-20(25)12-10-19/h2-14,24H,15-16H2,1H3,(H,26,27). The summed E-state index contributed by atoms with van der Waals surface area (Å²) in [4.78, 5) is 24.6. The quantitative estimate of drug-likeness (QED) is 0.547. The molecule has 0 fully saturated rings. The van der Waals surface area contributed by atoms with Gasteiger partial charge >= 0.3 is 5.97 Å². The Morgan fingerprint density at radius 2 is 1.53 bits per heavy atom. The molecule has 0 spiro atoms. The van der Waals surface area contributed by atoms with Gasteiger partial charge in [0.25, 0.3) is 5.91 Å². The number of hydrogen-bond acceptors (Lipinski definition) is 4. The maximum absolute atomic E-state index is 12.5. The van der Waals surface area contributed by atoms with Crippen molar-refractivity contribution in [2.24, 2.45) is 0 Å². The van der Waals surface area contributed by atoms with Crippen molar-refractivity contribution in [1.29, 1.82) is 0 Å². The maximum Gasteiger partial charge on any atom is 0.310 e. The molecule has 154 valence electrons. The number of carbonyl (C=O) groups is 2. The van der Waals surface area contributed by atoms with Crippen LogP contribution in [0.4, 0.5) is 0 Å². The van der Waals surface area contributed by atoms with Gasteiger partial charge in [-0.3, -0.25) is 9.59 Å². The molecule has 6 heteroatoms. The number of benzene rings is 3. The molecule has 5 nitrogen and oxygen atoms in total.